The molecule has 1 aromatic heterocycles. The van der Waals surface area contributed by atoms with Crippen LogP contribution < -0.4 is 11.1 Å². The molecule has 1 heterocycles. The minimum absolute atomic E-state index is 0.0118. The molecule has 28 heavy (non-hydrogen) atoms. The van der Waals surface area contributed by atoms with Crippen molar-refractivity contribution in [3.63, 3.8) is 0 Å². The van der Waals surface area contributed by atoms with Crippen LogP contribution in [0.4, 0.5) is 13.2 Å². The highest BCUT2D eigenvalue weighted by atomic mass is 19.4. The second kappa shape index (κ2) is 11.0. The van der Waals surface area contributed by atoms with Crippen LogP contribution >= 0.6 is 0 Å². The number of nitrogens with two attached hydrogens (primary N) is 1. The van der Waals surface area contributed by atoms with Gasteiger partial charge in [-0.1, -0.05) is 13.8 Å². The van der Waals surface area contributed by atoms with Gasteiger partial charge in [0, 0.05) is 6.20 Å². The van der Waals surface area contributed by atoms with Gasteiger partial charge in [-0.3, -0.25) is 14.6 Å². The number of alkyl halides is 3. The monoisotopic (exact) mass is 403 g/mol. The van der Waals surface area contributed by atoms with Crippen LogP contribution in [0.15, 0.2) is 18.3 Å². The molecule has 0 spiro atoms. The maximum absolute atomic E-state index is 12.7. The lowest BCUT2D eigenvalue weighted by Crippen LogP contribution is -2.35. The van der Waals surface area contributed by atoms with Crippen LogP contribution in [0.3, 0.4) is 0 Å². The minimum atomic E-state index is -4.06. The highest BCUT2D eigenvalue weighted by Crippen LogP contribution is 2.39. The van der Waals surface area contributed by atoms with Crippen molar-refractivity contribution >= 4 is 12.4 Å². The van der Waals surface area contributed by atoms with Gasteiger partial charge in [-0.05, 0) is 56.2 Å². The summed E-state index contributed by atoms with van der Waals surface area (Å²) in [7, 11) is 0. The van der Waals surface area contributed by atoms with E-state index < -0.39 is 18.0 Å². The average molecular weight is 403 g/mol. The molecule has 1 aromatic rings. The molecule has 6 nitrogen and oxygen atoms in total. The zero-order chi connectivity index (χ0) is 21.3. The first-order chi connectivity index (χ1) is 13.1. The van der Waals surface area contributed by atoms with Crippen molar-refractivity contribution in [2.45, 2.75) is 51.7 Å². The van der Waals surface area contributed by atoms with Gasteiger partial charge in [0.15, 0.2) is 0 Å². The number of carbonyl (C=O) groups excluding carboxylic acids is 1. The van der Waals surface area contributed by atoms with Crippen LogP contribution in [0.2, 0.25) is 0 Å². The van der Waals surface area contributed by atoms with Gasteiger partial charge in [0.05, 0.1) is 23.2 Å². The Balaban J connectivity index is 0.00000122. The van der Waals surface area contributed by atoms with Crippen LogP contribution in [-0.2, 0) is 4.79 Å². The molecular weight excluding hydrogens is 375 g/mol. The van der Waals surface area contributed by atoms with Crippen molar-refractivity contribution in [1.29, 1.82) is 0 Å². The van der Waals surface area contributed by atoms with E-state index in [1.807, 2.05) is 0 Å². The summed E-state index contributed by atoms with van der Waals surface area (Å²) in [6, 6.07) is 3.41. The normalized spacial score (nSPS) is 20.8. The van der Waals surface area contributed by atoms with Gasteiger partial charge < -0.3 is 16.2 Å². The Labute approximate surface area is 162 Å². The molecule has 1 unspecified atom stereocenters. The van der Waals surface area contributed by atoms with Crippen molar-refractivity contribution in [2.24, 2.45) is 23.5 Å². The summed E-state index contributed by atoms with van der Waals surface area (Å²) < 4.78 is 38.2. The van der Waals surface area contributed by atoms with Gasteiger partial charge in [-0.15, -0.1) is 0 Å². The number of amides is 1. The lowest BCUT2D eigenvalue weighted by atomic mass is 9.81. The maximum atomic E-state index is 12.7. The molecule has 0 aliphatic heterocycles. The number of pyridine rings is 1. The SMILES string of the molecule is CC(C)C(NCC1CCC(C(F)(F)F)CC1)c1ccc(C(N)=O)cn1.O=CO. The van der Waals surface area contributed by atoms with Gasteiger partial charge in [0.25, 0.3) is 6.47 Å². The Morgan fingerprint density at radius 2 is 1.89 bits per heavy atom. The molecule has 158 valence electrons. The fraction of sp³-hybridized carbons (Fsp3) is 0.632. The predicted molar refractivity (Wildman–Crippen MR) is 98.5 cm³/mol. The van der Waals surface area contributed by atoms with Crippen molar-refractivity contribution in [2.75, 3.05) is 6.54 Å². The number of primary amides is 1. The summed E-state index contributed by atoms with van der Waals surface area (Å²) in [6.07, 6.45) is -0.984. The summed E-state index contributed by atoms with van der Waals surface area (Å²) in [4.78, 5) is 23.8. The molecular formula is C19H28F3N3O3. The Morgan fingerprint density at radius 3 is 2.29 bits per heavy atom. The molecule has 1 aliphatic rings. The first kappa shape index (κ1) is 23.9. The molecule has 0 aromatic carbocycles. The topological polar surface area (TPSA) is 105 Å². The quantitative estimate of drug-likeness (QED) is 0.630. The van der Waals surface area contributed by atoms with Gasteiger partial charge in [0.1, 0.15) is 0 Å². The average Bonchev–Trinajstić information content (AvgIpc) is 2.62. The van der Waals surface area contributed by atoms with E-state index in [9.17, 15) is 18.0 Å². The molecule has 1 saturated carbocycles. The van der Waals surface area contributed by atoms with Crippen LogP contribution in [0.25, 0.3) is 0 Å². The van der Waals surface area contributed by atoms with Crippen LogP contribution in [-0.4, -0.2) is 35.2 Å². The second-order valence-corrected chi connectivity index (χ2v) is 7.33. The summed E-state index contributed by atoms with van der Waals surface area (Å²) in [5.41, 5.74) is 6.39. The van der Waals surface area contributed by atoms with Crippen molar-refractivity contribution in [3.8, 4) is 0 Å². The second-order valence-electron chi connectivity index (χ2n) is 7.33. The number of carbonyl (C=O) groups is 2. The number of nitrogens with zero attached hydrogens (tertiary/aromatic N) is 1. The fourth-order valence-electron chi connectivity index (χ4n) is 3.40. The molecule has 0 bridgehead atoms. The zero-order valence-electron chi connectivity index (χ0n) is 16.1. The van der Waals surface area contributed by atoms with Gasteiger partial charge in [-0.25, -0.2) is 0 Å². The maximum Gasteiger partial charge on any atom is 0.391 e. The van der Waals surface area contributed by atoms with E-state index in [0.29, 0.717) is 24.9 Å². The van der Waals surface area contributed by atoms with Crippen LogP contribution in [0.1, 0.15) is 61.6 Å². The fourth-order valence-corrected chi connectivity index (χ4v) is 3.40. The van der Waals surface area contributed by atoms with E-state index in [2.05, 4.69) is 24.1 Å². The molecule has 1 fully saturated rings. The molecule has 0 radical (unpaired) electrons. The summed E-state index contributed by atoms with van der Waals surface area (Å²) >= 11 is 0. The summed E-state index contributed by atoms with van der Waals surface area (Å²) in [6.45, 7) is 4.54. The summed E-state index contributed by atoms with van der Waals surface area (Å²) in [5, 5.41) is 10.3. The molecule has 1 amide bonds. The zero-order valence-corrected chi connectivity index (χ0v) is 16.1. The largest absolute Gasteiger partial charge is 0.483 e. The Morgan fingerprint density at radius 1 is 1.32 bits per heavy atom. The third-order valence-electron chi connectivity index (χ3n) is 4.99. The van der Waals surface area contributed by atoms with E-state index in [0.717, 1.165) is 5.69 Å². The minimum Gasteiger partial charge on any atom is -0.483 e. The predicted octanol–water partition coefficient (Wildman–Crippen LogP) is 3.54. The highest BCUT2D eigenvalue weighted by molar-refractivity contribution is 5.92. The van der Waals surface area contributed by atoms with E-state index >= 15 is 0 Å². The van der Waals surface area contributed by atoms with Crippen LogP contribution in [0, 0.1) is 17.8 Å². The van der Waals surface area contributed by atoms with Crippen molar-refractivity contribution in [3.05, 3.63) is 29.6 Å². The Hall–Kier alpha value is -2.16. The number of hydrogen-bond donors (Lipinski definition) is 3. The van der Waals surface area contributed by atoms with E-state index in [-0.39, 0.29) is 37.2 Å². The van der Waals surface area contributed by atoms with Crippen LogP contribution in [0.5, 0.6) is 0 Å². The number of halogens is 3. The van der Waals surface area contributed by atoms with E-state index in [4.69, 9.17) is 15.6 Å². The molecule has 1 aliphatic carbocycles. The third kappa shape index (κ3) is 7.46. The molecule has 2 rings (SSSR count). The Kier molecular flexibility index (Phi) is 9.37. The highest BCUT2D eigenvalue weighted by Gasteiger charge is 2.41. The standard InChI is InChI=1S/C18H26F3N3O.CH2O2/c1-11(2)16(15-8-5-13(10-23-15)17(22)25)24-9-12-3-6-14(7-4-12)18(19,20)21;2-1-3/h5,8,10-12,14,16,24H,3-4,6-7,9H2,1-2H3,(H2,22,25);1H,(H,2,3). The lowest BCUT2D eigenvalue weighted by molar-refractivity contribution is -0.183. The van der Waals surface area contributed by atoms with Gasteiger partial charge in [-0.2, -0.15) is 13.2 Å². The Bertz CT molecular complexity index is 613. The lowest BCUT2D eigenvalue weighted by Gasteiger charge is -2.31. The number of aromatic nitrogens is 1. The van der Waals surface area contributed by atoms with E-state index in [1.54, 1.807) is 12.1 Å². The summed E-state index contributed by atoms with van der Waals surface area (Å²) in [5.74, 6) is -1.15. The number of nitrogens with one attached hydrogen (secondary N) is 1. The first-order valence-corrected chi connectivity index (χ1v) is 9.23. The number of hydrogen-bond acceptors (Lipinski definition) is 4. The van der Waals surface area contributed by atoms with Gasteiger partial charge >= 0.3 is 6.18 Å². The van der Waals surface area contributed by atoms with Crippen molar-refractivity contribution < 1.29 is 27.9 Å². The molecule has 1 atom stereocenters. The first-order valence-electron chi connectivity index (χ1n) is 9.23. The molecule has 0 saturated heterocycles. The van der Waals surface area contributed by atoms with Crippen molar-refractivity contribution in [1.82, 2.24) is 10.3 Å². The molecule has 9 heteroatoms. The van der Waals surface area contributed by atoms with Gasteiger partial charge in [0.2, 0.25) is 5.91 Å². The number of rotatable bonds is 6. The third-order valence-corrected chi connectivity index (χ3v) is 4.99. The molecule has 4 N–H and O–H groups in total. The number of carboxylic acid groups (broad SMARTS) is 1. The van der Waals surface area contributed by atoms with E-state index in [1.165, 1.54) is 6.20 Å². The smallest absolute Gasteiger partial charge is 0.391 e.